The molecular formula is C19H17ClO. The molecule has 0 N–H and O–H groups in total. The maximum absolute atomic E-state index is 6.44. The summed E-state index contributed by atoms with van der Waals surface area (Å²) in [7, 11) is 1.71. The molecule has 0 amide bonds. The molecule has 0 saturated heterocycles. The molecule has 0 aromatic heterocycles. The molecule has 0 aliphatic heterocycles. The van der Waals surface area contributed by atoms with Gasteiger partial charge in [0.1, 0.15) is 5.75 Å². The number of para-hydroxylation sites is 1. The van der Waals surface area contributed by atoms with Crippen molar-refractivity contribution in [2.45, 2.75) is 13.8 Å². The van der Waals surface area contributed by atoms with Gasteiger partial charge in [-0.05, 0) is 48.1 Å². The van der Waals surface area contributed by atoms with E-state index in [9.17, 15) is 0 Å². The summed E-state index contributed by atoms with van der Waals surface area (Å²) in [5.41, 5.74) is 4.68. The van der Waals surface area contributed by atoms with Crippen LogP contribution in [-0.2, 0) is 0 Å². The second kappa shape index (κ2) is 5.42. The first kappa shape index (κ1) is 14.0. The van der Waals surface area contributed by atoms with Crippen LogP contribution < -0.4 is 4.74 Å². The summed E-state index contributed by atoms with van der Waals surface area (Å²) >= 11 is 6.44. The monoisotopic (exact) mass is 296 g/mol. The van der Waals surface area contributed by atoms with Gasteiger partial charge in [-0.25, -0.2) is 0 Å². The van der Waals surface area contributed by atoms with Crippen LogP contribution >= 0.6 is 11.6 Å². The number of fused-ring (bicyclic) bond motifs is 1. The van der Waals surface area contributed by atoms with Crippen molar-refractivity contribution in [2.24, 2.45) is 0 Å². The first-order valence-corrected chi connectivity index (χ1v) is 7.33. The lowest BCUT2D eigenvalue weighted by Gasteiger charge is -2.16. The van der Waals surface area contributed by atoms with Gasteiger partial charge in [-0.15, -0.1) is 0 Å². The van der Waals surface area contributed by atoms with E-state index in [1.807, 2.05) is 30.3 Å². The number of aryl methyl sites for hydroxylation is 2. The zero-order chi connectivity index (χ0) is 15.0. The number of benzene rings is 3. The smallest absolute Gasteiger partial charge is 0.126 e. The summed E-state index contributed by atoms with van der Waals surface area (Å²) in [6, 6.07) is 16.4. The molecule has 3 aromatic carbocycles. The second-order valence-corrected chi connectivity index (χ2v) is 5.66. The number of hydrogen-bond donors (Lipinski definition) is 0. The fraction of sp³-hybridized carbons (Fsp3) is 0.158. The Kier molecular flexibility index (Phi) is 3.60. The second-order valence-electron chi connectivity index (χ2n) is 5.25. The highest BCUT2D eigenvalue weighted by atomic mass is 35.5. The SMILES string of the molecule is COc1ccccc1-c1c(C)cc(Cl)c2cccc(C)c12. The van der Waals surface area contributed by atoms with E-state index in [0.717, 1.165) is 27.3 Å². The summed E-state index contributed by atoms with van der Waals surface area (Å²) in [5.74, 6) is 0.882. The van der Waals surface area contributed by atoms with Crippen LogP contribution in [0.25, 0.3) is 21.9 Å². The van der Waals surface area contributed by atoms with E-state index < -0.39 is 0 Å². The molecule has 3 aromatic rings. The summed E-state index contributed by atoms with van der Waals surface area (Å²) < 4.78 is 5.54. The summed E-state index contributed by atoms with van der Waals surface area (Å²) in [6.45, 7) is 4.22. The number of methoxy groups -OCH3 is 1. The van der Waals surface area contributed by atoms with Gasteiger partial charge < -0.3 is 4.74 Å². The molecule has 0 atom stereocenters. The minimum absolute atomic E-state index is 0.796. The predicted molar refractivity (Wildman–Crippen MR) is 90.4 cm³/mol. The zero-order valence-electron chi connectivity index (χ0n) is 12.4. The van der Waals surface area contributed by atoms with Crippen LogP contribution in [0.2, 0.25) is 5.02 Å². The van der Waals surface area contributed by atoms with Gasteiger partial charge in [0, 0.05) is 16.0 Å². The van der Waals surface area contributed by atoms with Crippen molar-refractivity contribution in [1.82, 2.24) is 0 Å². The number of hydrogen-bond acceptors (Lipinski definition) is 1. The average Bonchev–Trinajstić information content (AvgIpc) is 2.48. The minimum atomic E-state index is 0.796. The first-order valence-electron chi connectivity index (χ1n) is 6.95. The van der Waals surface area contributed by atoms with Crippen molar-refractivity contribution in [3.05, 3.63) is 64.7 Å². The lowest BCUT2D eigenvalue weighted by molar-refractivity contribution is 0.416. The van der Waals surface area contributed by atoms with Crippen LogP contribution in [-0.4, -0.2) is 7.11 Å². The van der Waals surface area contributed by atoms with E-state index in [1.54, 1.807) is 7.11 Å². The summed E-state index contributed by atoms with van der Waals surface area (Å²) in [6.07, 6.45) is 0. The van der Waals surface area contributed by atoms with E-state index in [2.05, 4.69) is 32.0 Å². The molecule has 106 valence electrons. The van der Waals surface area contributed by atoms with Crippen LogP contribution in [0.1, 0.15) is 11.1 Å². The quantitative estimate of drug-likeness (QED) is 0.582. The van der Waals surface area contributed by atoms with Gasteiger partial charge in [0.2, 0.25) is 0 Å². The molecule has 0 aliphatic carbocycles. The molecule has 0 fully saturated rings. The van der Waals surface area contributed by atoms with Crippen molar-refractivity contribution in [1.29, 1.82) is 0 Å². The standard InChI is InChI=1S/C19H17ClO/c1-12-7-6-9-14-16(20)11-13(2)19(18(12)14)15-8-4-5-10-17(15)21-3/h4-11H,1-3H3. The summed E-state index contributed by atoms with van der Waals surface area (Å²) in [5, 5.41) is 3.08. The highest BCUT2D eigenvalue weighted by molar-refractivity contribution is 6.36. The fourth-order valence-electron chi connectivity index (χ4n) is 2.93. The molecule has 0 saturated carbocycles. The molecule has 0 bridgehead atoms. The third-order valence-corrected chi connectivity index (χ3v) is 4.21. The normalized spacial score (nSPS) is 10.9. The molecule has 2 heteroatoms. The lowest BCUT2D eigenvalue weighted by Crippen LogP contribution is -1.93. The van der Waals surface area contributed by atoms with Gasteiger partial charge in [0.05, 0.1) is 7.11 Å². The van der Waals surface area contributed by atoms with Crippen molar-refractivity contribution in [3.63, 3.8) is 0 Å². The molecule has 1 nitrogen and oxygen atoms in total. The van der Waals surface area contributed by atoms with E-state index in [4.69, 9.17) is 16.3 Å². The van der Waals surface area contributed by atoms with E-state index in [1.165, 1.54) is 16.5 Å². The molecule has 21 heavy (non-hydrogen) atoms. The van der Waals surface area contributed by atoms with Gasteiger partial charge in [0.25, 0.3) is 0 Å². The highest BCUT2D eigenvalue weighted by Crippen LogP contribution is 2.41. The Bertz CT molecular complexity index is 821. The van der Waals surface area contributed by atoms with Crippen LogP contribution in [0.15, 0.2) is 48.5 Å². The molecule has 0 radical (unpaired) electrons. The minimum Gasteiger partial charge on any atom is -0.496 e. The average molecular weight is 297 g/mol. The zero-order valence-corrected chi connectivity index (χ0v) is 13.2. The van der Waals surface area contributed by atoms with Crippen molar-refractivity contribution in [2.75, 3.05) is 7.11 Å². The maximum atomic E-state index is 6.44. The fourth-order valence-corrected chi connectivity index (χ4v) is 3.26. The Labute approximate surface area is 130 Å². The Balaban J connectivity index is 2.48. The molecule has 3 rings (SSSR count). The molecule has 0 heterocycles. The maximum Gasteiger partial charge on any atom is 0.126 e. The third kappa shape index (κ3) is 2.28. The molecule has 0 aliphatic rings. The van der Waals surface area contributed by atoms with Gasteiger partial charge in [-0.3, -0.25) is 0 Å². The van der Waals surface area contributed by atoms with E-state index in [0.29, 0.717) is 0 Å². The summed E-state index contributed by atoms with van der Waals surface area (Å²) in [4.78, 5) is 0. The molecule has 0 unspecified atom stereocenters. The number of ether oxygens (including phenoxy) is 1. The Morgan fingerprint density at radius 1 is 0.905 bits per heavy atom. The van der Waals surface area contributed by atoms with Crippen molar-refractivity contribution < 1.29 is 4.74 Å². The van der Waals surface area contributed by atoms with Crippen LogP contribution in [0, 0.1) is 13.8 Å². The van der Waals surface area contributed by atoms with E-state index in [-0.39, 0.29) is 0 Å². The van der Waals surface area contributed by atoms with Gasteiger partial charge in [-0.1, -0.05) is 48.0 Å². The van der Waals surface area contributed by atoms with Crippen molar-refractivity contribution in [3.8, 4) is 16.9 Å². The predicted octanol–water partition coefficient (Wildman–Crippen LogP) is 5.79. The number of halogens is 1. The van der Waals surface area contributed by atoms with Crippen LogP contribution in [0.3, 0.4) is 0 Å². The first-order chi connectivity index (χ1) is 10.1. The molecule has 0 spiro atoms. The van der Waals surface area contributed by atoms with Crippen LogP contribution in [0.4, 0.5) is 0 Å². The Morgan fingerprint density at radius 2 is 1.67 bits per heavy atom. The highest BCUT2D eigenvalue weighted by Gasteiger charge is 2.15. The third-order valence-electron chi connectivity index (χ3n) is 3.89. The topological polar surface area (TPSA) is 9.23 Å². The van der Waals surface area contributed by atoms with Crippen LogP contribution in [0.5, 0.6) is 5.75 Å². The largest absolute Gasteiger partial charge is 0.496 e. The number of rotatable bonds is 2. The van der Waals surface area contributed by atoms with Crippen molar-refractivity contribution >= 4 is 22.4 Å². The molecular weight excluding hydrogens is 280 g/mol. The lowest BCUT2D eigenvalue weighted by atomic mass is 9.91. The van der Waals surface area contributed by atoms with Gasteiger partial charge in [-0.2, -0.15) is 0 Å². The van der Waals surface area contributed by atoms with E-state index >= 15 is 0 Å². The Hall–Kier alpha value is -1.99. The van der Waals surface area contributed by atoms with Gasteiger partial charge >= 0.3 is 0 Å². The Morgan fingerprint density at radius 3 is 2.43 bits per heavy atom. The van der Waals surface area contributed by atoms with Gasteiger partial charge in [0.15, 0.2) is 0 Å².